The van der Waals surface area contributed by atoms with Gasteiger partial charge in [-0.3, -0.25) is 19.7 Å². The van der Waals surface area contributed by atoms with Gasteiger partial charge in [-0.05, 0) is 62.1 Å². The smallest absolute Gasteiger partial charge is 0.271 e. The van der Waals surface area contributed by atoms with E-state index in [0.717, 1.165) is 31.7 Å². The van der Waals surface area contributed by atoms with Crippen LogP contribution in [0.25, 0.3) is 11.3 Å². The number of nitrogens with zero attached hydrogens (tertiary/aromatic N) is 5. The lowest BCUT2D eigenvalue weighted by atomic mass is 9.94. The maximum Gasteiger partial charge on any atom is 0.271 e. The predicted molar refractivity (Wildman–Crippen MR) is 135 cm³/mol. The molecule has 1 N–H and O–H groups in total. The van der Waals surface area contributed by atoms with Crippen molar-refractivity contribution < 1.29 is 9.59 Å². The van der Waals surface area contributed by atoms with Gasteiger partial charge in [-0.25, -0.2) is 0 Å². The third-order valence-corrected chi connectivity index (χ3v) is 7.19. The second kappa shape index (κ2) is 9.90. The number of carbonyl (C=O) groups is 2. The number of pyridine rings is 1. The van der Waals surface area contributed by atoms with E-state index in [1.807, 2.05) is 21.9 Å². The number of nitrogens with one attached hydrogen (secondary N) is 1. The van der Waals surface area contributed by atoms with Crippen LogP contribution in [0.15, 0.2) is 48.8 Å². The Morgan fingerprint density at radius 2 is 1.71 bits per heavy atom. The number of H-pyrrole nitrogens is 1. The number of aryl methyl sites for hydroxylation is 2. The first-order valence-corrected chi connectivity index (χ1v) is 12.4. The van der Waals surface area contributed by atoms with Gasteiger partial charge in [0.1, 0.15) is 5.69 Å². The van der Waals surface area contributed by atoms with Crippen LogP contribution in [-0.2, 0) is 4.79 Å². The number of carbonyl (C=O) groups excluding carboxylic acids is 2. The summed E-state index contributed by atoms with van der Waals surface area (Å²) < 4.78 is 0. The third-order valence-electron chi connectivity index (χ3n) is 7.19. The molecule has 2 aromatic heterocycles. The Kier molecular flexibility index (Phi) is 6.53. The van der Waals surface area contributed by atoms with Crippen molar-refractivity contribution in [3.8, 4) is 11.3 Å². The molecule has 0 bridgehead atoms. The van der Waals surface area contributed by atoms with E-state index in [0.29, 0.717) is 37.3 Å². The van der Waals surface area contributed by atoms with Gasteiger partial charge in [-0.1, -0.05) is 12.1 Å². The zero-order chi connectivity index (χ0) is 24.4. The molecule has 0 spiro atoms. The number of rotatable bonds is 4. The second-order valence-electron chi connectivity index (χ2n) is 9.58. The number of likely N-dealkylation sites (tertiary alicyclic amines) is 1. The van der Waals surface area contributed by atoms with Gasteiger partial charge in [0.2, 0.25) is 5.91 Å². The quantitative estimate of drug-likeness (QED) is 0.630. The van der Waals surface area contributed by atoms with E-state index in [4.69, 9.17) is 0 Å². The minimum atomic E-state index is -0.0688. The summed E-state index contributed by atoms with van der Waals surface area (Å²) in [5, 5.41) is 7.13. The van der Waals surface area contributed by atoms with Crippen LogP contribution in [0, 0.1) is 19.8 Å². The highest BCUT2D eigenvalue weighted by molar-refractivity contribution is 5.93. The highest BCUT2D eigenvalue weighted by atomic mass is 16.2. The van der Waals surface area contributed by atoms with Crippen molar-refractivity contribution >= 4 is 17.5 Å². The first-order valence-electron chi connectivity index (χ1n) is 12.4. The molecule has 8 nitrogen and oxygen atoms in total. The van der Waals surface area contributed by atoms with E-state index in [2.05, 4.69) is 52.1 Å². The lowest BCUT2D eigenvalue weighted by Crippen LogP contribution is -2.52. The topological polar surface area (TPSA) is 85.4 Å². The molecular formula is C27H32N6O2. The van der Waals surface area contributed by atoms with Crippen LogP contribution in [0.3, 0.4) is 0 Å². The molecule has 5 rings (SSSR count). The van der Waals surface area contributed by atoms with E-state index < -0.39 is 0 Å². The molecule has 1 aromatic carbocycles. The molecule has 2 amide bonds. The molecule has 0 unspecified atom stereocenters. The van der Waals surface area contributed by atoms with Crippen molar-refractivity contribution in [3.05, 3.63) is 65.6 Å². The van der Waals surface area contributed by atoms with Crippen LogP contribution in [0.4, 0.5) is 5.69 Å². The Bertz CT molecular complexity index is 1190. The second-order valence-corrected chi connectivity index (χ2v) is 9.58. The van der Waals surface area contributed by atoms with Gasteiger partial charge in [-0.15, -0.1) is 0 Å². The average Bonchev–Trinajstić information content (AvgIpc) is 3.40. The summed E-state index contributed by atoms with van der Waals surface area (Å²) in [7, 11) is 0. The van der Waals surface area contributed by atoms with Gasteiger partial charge >= 0.3 is 0 Å². The van der Waals surface area contributed by atoms with Crippen molar-refractivity contribution in [1.29, 1.82) is 0 Å². The Morgan fingerprint density at radius 1 is 0.943 bits per heavy atom. The number of amides is 2. The van der Waals surface area contributed by atoms with Crippen LogP contribution in [-0.4, -0.2) is 76.1 Å². The molecule has 4 heterocycles. The first-order chi connectivity index (χ1) is 17.0. The average molecular weight is 473 g/mol. The van der Waals surface area contributed by atoms with E-state index >= 15 is 0 Å². The van der Waals surface area contributed by atoms with Gasteiger partial charge in [0.15, 0.2) is 0 Å². The van der Waals surface area contributed by atoms with Gasteiger partial charge in [0, 0.05) is 68.8 Å². The summed E-state index contributed by atoms with van der Waals surface area (Å²) in [5.41, 5.74) is 5.84. The van der Waals surface area contributed by atoms with Crippen LogP contribution < -0.4 is 4.90 Å². The molecular weight excluding hydrogens is 440 g/mol. The number of aromatic nitrogens is 3. The molecule has 2 aliphatic rings. The number of benzene rings is 1. The fourth-order valence-electron chi connectivity index (χ4n) is 5.08. The van der Waals surface area contributed by atoms with Crippen LogP contribution in [0.2, 0.25) is 0 Å². The monoisotopic (exact) mass is 472 g/mol. The maximum absolute atomic E-state index is 13.2. The Balaban J connectivity index is 1.13. The summed E-state index contributed by atoms with van der Waals surface area (Å²) in [6.45, 7) is 8.63. The van der Waals surface area contributed by atoms with Crippen molar-refractivity contribution in [2.45, 2.75) is 26.7 Å². The number of anilines is 1. The first kappa shape index (κ1) is 23.1. The Labute approximate surface area is 205 Å². The van der Waals surface area contributed by atoms with Gasteiger partial charge in [-0.2, -0.15) is 5.10 Å². The molecule has 2 fully saturated rings. The highest BCUT2D eigenvalue weighted by Gasteiger charge is 2.32. The molecule has 3 aromatic rings. The fraction of sp³-hybridized carbons (Fsp3) is 0.407. The van der Waals surface area contributed by atoms with Gasteiger partial charge < -0.3 is 14.7 Å². The number of piperazine rings is 1. The van der Waals surface area contributed by atoms with Crippen molar-refractivity contribution in [3.63, 3.8) is 0 Å². The fourth-order valence-corrected chi connectivity index (χ4v) is 5.08. The minimum absolute atomic E-state index is 0.0148. The normalized spacial score (nSPS) is 17.0. The molecule has 8 heteroatoms. The number of hydrogen-bond acceptors (Lipinski definition) is 5. The molecule has 2 saturated heterocycles. The summed E-state index contributed by atoms with van der Waals surface area (Å²) in [6.07, 6.45) is 4.83. The molecule has 0 radical (unpaired) electrons. The SMILES string of the molecule is Cc1ccc(C)c(N2CCN(C(=O)C3CCN(C(=O)c4cc(-c5cccnc5)n[nH]4)CC3)CC2)c1. The largest absolute Gasteiger partial charge is 0.368 e. The number of piperidine rings is 1. The van der Waals surface area contributed by atoms with Crippen LogP contribution in [0.5, 0.6) is 0 Å². The van der Waals surface area contributed by atoms with Crippen molar-refractivity contribution in [2.24, 2.45) is 5.92 Å². The molecule has 0 aliphatic carbocycles. The Morgan fingerprint density at radius 3 is 2.43 bits per heavy atom. The zero-order valence-electron chi connectivity index (χ0n) is 20.4. The van der Waals surface area contributed by atoms with E-state index in [-0.39, 0.29) is 17.7 Å². The molecule has 0 saturated carbocycles. The predicted octanol–water partition coefficient (Wildman–Crippen LogP) is 3.29. The van der Waals surface area contributed by atoms with Gasteiger partial charge in [0.25, 0.3) is 5.91 Å². The van der Waals surface area contributed by atoms with E-state index in [9.17, 15) is 9.59 Å². The van der Waals surface area contributed by atoms with Gasteiger partial charge in [0.05, 0.1) is 5.69 Å². The molecule has 182 valence electrons. The molecule has 0 atom stereocenters. The summed E-state index contributed by atoms with van der Waals surface area (Å²) in [4.78, 5) is 36.5. The van der Waals surface area contributed by atoms with E-state index in [1.165, 1.54) is 16.8 Å². The summed E-state index contributed by atoms with van der Waals surface area (Å²) in [5.74, 6) is 0.151. The lowest BCUT2D eigenvalue weighted by Gasteiger charge is -2.39. The maximum atomic E-state index is 13.2. The minimum Gasteiger partial charge on any atom is -0.368 e. The number of aromatic amines is 1. The lowest BCUT2D eigenvalue weighted by molar-refractivity contribution is -0.137. The molecule has 35 heavy (non-hydrogen) atoms. The third kappa shape index (κ3) is 4.92. The van der Waals surface area contributed by atoms with Crippen molar-refractivity contribution in [2.75, 3.05) is 44.2 Å². The zero-order valence-corrected chi connectivity index (χ0v) is 20.4. The van der Waals surface area contributed by atoms with Crippen LogP contribution in [0.1, 0.15) is 34.5 Å². The van der Waals surface area contributed by atoms with Crippen molar-refractivity contribution in [1.82, 2.24) is 25.0 Å². The summed E-state index contributed by atoms with van der Waals surface area (Å²) >= 11 is 0. The highest BCUT2D eigenvalue weighted by Crippen LogP contribution is 2.26. The molecule has 2 aliphatic heterocycles. The summed E-state index contributed by atoms with van der Waals surface area (Å²) in [6, 6.07) is 12.1. The standard InChI is InChI=1S/C27H32N6O2/c1-19-5-6-20(2)25(16-19)31-12-14-33(15-13-31)26(34)21-7-10-32(11-8-21)27(35)24-17-23(29-30-24)22-4-3-9-28-18-22/h3-6,9,16-18,21H,7-8,10-15H2,1-2H3,(H,29,30). The number of hydrogen-bond donors (Lipinski definition) is 1. The Hall–Kier alpha value is -3.68. The van der Waals surface area contributed by atoms with Crippen LogP contribution >= 0.6 is 0 Å². The van der Waals surface area contributed by atoms with E-state index in [1.54, 1.807) is 18.5 Å².